The van der Waals surface area contributed by atoms with Crippen LogP contribution in [0.5, 0.6) is 0 Å². The number of anilines is 1. The van der Waals surface area contributed by atoms with E-state index >= 15 is 0 Å². The van der Waals surface area contributed by atoms with Crippen molar-refractivity contribution in [2.24, 2.45) is 5.41 Å². The van der Waals surface area contributed by atoms with Crippen LogP contribution in [0.25, 0.3) is 5.69 Å². The summed E-state index contributed by atoms with van der Waals surface area (Å²) in [7, 11) is 0. The van der Waals surface area contributed by atoms with Crippen molar-refractivity contribution in [1.82, 2.24) is 19.4 Å². The van der Waals surface area contributed by atoms with E-state index in [2.05, 4.69) is 27.0 Å². The Labute approximate surface area is 197 Å². The number of piperazine rings is 1. The average molecular weight is 474 g/mol. The average Bonchev–Trinajstić information content (AvgIpc) is 3.26. The van der Waals surface area contributed by atoms with Crippen LogP contribution in [0.1, 0.15) is 24.6 Å². The molecule has 9 heteroatoms. The van der Waals surface area contributed by atoms with E-state index in [0.29, 0.717) is 18.7 Å². The van der Waals surface area contributed by atoms with Crippen LogP contribution < -0.4 is 5.32 Å². The second-order valence-corrected chi connectivity index (χ2v) is 9.00. The highest BCUT2D eigenvalue weighted by Gasteiger charge is 2.39. The summed E-state index contributed by atoms with van der Waals surface area (Å²) in [5, 5.41) is 2.80. The summed E-state index contributed by atoms with van der Waals surface area (Å²) in [6, 6.07) is 3.59. The van der Waals surface area contributed by atoms with Crippen molar-refractivity contribution in [2.45, 2.75) is 26.4 Å². The molecule has 6 nitrogen and oxygen atoms in total. The largest absolute Gasteiger partial charge is 0.416 e. The van der Waals surface area contributed by atoms with Gasteiger partial charge < -0.3 is 14.8 Å². The predicted octanol–water partition coefficient (Wildman–Crippen LogP) is 4.28. The molecular weight excluding hydrogens is 443 g/mol. The number of nitrogens with zero attached hydrogens (tertiary/aromatic N) is 4. The molecule has 1 aliphatic carbocycles. The number of hydrogen-bond donors (Lipinski definition) is 1. The lowest BCUT2D eigenvalue weighted by Gasteiger charge is -2.40. The first-order chi connectivity index (χ1) is 16.2. The van der Waals surface area contributed by atoms with Gasteiger partial charge in [0.1, 0.15) is 0 Å². The molecule has 0 spiro atoms. The molecule has 182 valence electrons. The van der Waals surface area contributed by atoms with Gasteiger partial charge in [0.05, 0.1) is 23.0 Å². The van der Waals surface area contributed by atoms with Gasteiger partial charge in [0.2, 0.25) is 5.91 Å². The molecule has 1 N–H and O–H groups in total. The van der Waals surface area contributed by atoms with Gasteiger partial charge in [-0.05, 0) is 38.1 Å². The number of rotatable bonds is 6. The van der Waals surface area contributed by atoms with Crippen LogP contribution in [0, 0.1) is 12.3 Å². The number of aromatic nitrogens is 2. The molecule has 1 atom stereocenters. The number of carbonyl (C=O) groups is 1. The number of imidazole rings is 1. The van der Waals surface area contributed by atoms with Crippen molar-refractivity contribution in [2.75, 3.05) is 44.6 Å². The monoisotopic (exact) mass is 473 g/mol. The molecule has 0 saturated carbocycles. The third kappa shape index (κ3) is 5.42. The number of nitrogens with one attached hydrogen (secondary N) is 1. The Morgan fingerprint density at radius 3 is 2.44 bits per heavy atom. The summed E-state index contributed by atoms with van der Waals surface area (Å²) < 4.78 is 42.4. The first-order valence-corrected chi connectivity index (χ1v) is 11.5. The van der Waals surface area contributed by atoms with Crippen molar-refractivity contribution in [3.63, 3.8) is 0 Å². The maximum Gasteiger partial charge on any atom is 0.416 e. The van der Waals surface area contributed by atoms with Gasteiger partial charge >= 0.3 is 6.18 Å². The van der Waals surface area contributed by atoms with E-state index in [1.165, 1.54) is 10.9 Å². The summed E-state index contributed by atoms with van der Waals surface area (Å²) in [6.45, 7) is 9.00. The smallest absolute Gasteiger partial charge is 0.325 e. The van der Waals surface area contributed by atoms with Gasteiger partial charge in [0, 0.05) is 50.3 Å². The summed E-state index contributed by atoms with van der Waals surface area (Å²) in [6.07, 6.45) is 6.61. The maximum atomic E-state index is 13.6. The number of likely N-dealkylation sites (N-methyl/N-ethyl adjacent to an activating group) is 1. The number of aryl methyl sites for hydroxylation is 1. The number of halogens is 3. The Kier molecular flexibility index (Phi) is 6.95. The molecule has 0 bridgehead atoms. The van der Waals surface area contributed by atoms with Crippen LogP contribution in [0.2, 0.25) is 0 Å². The van der Waals surface area contributed by atoms with Crippen LogP contribution in [-0.4, -0.2) is 64.5 Å². The number of alkyl halides is 3. The van der Waals surface area contributed by atoms with Crippen LogP contribution in [0.3, 0.4) is 0 Å². The van der Waals surface area contributed by atoms with E-state index in [4.69, 9.17) is 0 Å². The fourth-order valence-electron chi connectivity index (χ4n) is 4.50. The molecule has 1 aromatic carbocycles. The van der Waals surface area contributed by atoms with Gasteiger partial charge in [0.25, 0.3) is 0 Å². The van der Waals surface area contributed by atoms with E-state index < -0.39 is 17.2 Å². The molecule has 1 saturated heterocycles. The normalized spacial score (nSPS) is 21.7. The Bertz CT molecular complexity index is 1080. The van der Waals surface area contributed by atoms with Crippen molar-refractivity contribution in [3.8, 4) is 5.69 Å². The first kappa shape index (κ1) is 24.2. The number of benzene rings is 1. The summed E-state index contributed by atoms with van der Waals surface area (Å²) in [5.74, 6) is -0.307. The Balaban J connectivity index is 1.60. The minimum atomic E-state index is -4.55. The zero-order chi connectivity index (χ0) is 24.3. The molecule has 2 heterocycles. The van der Waals surface area contributed by atoms with Crippen LogP contribution in [0.15, 0.2) is 55.0 Å². The number of amides is 1. The van der Waals surface area contributed by atoms with E-state index in [1.54, 1.807) is 19.2 Å². The zero-order valence-corrected chi connectivity index (χ0v) is 19.5. The number of hydrogen-bond acceptors (Lipinski definition) is 4. The van der Waals surface area contributed by atoms with Crippen LogP contribution >= 0.6 is 0 Å². The van der Waals surface area contributed by atoms with Crippen molar-refractivity contribution in [1.29, 1.82) is 0 Å². The van der Waals surface area contributed by atoms with E-state index in [0.717, 1.165) is 44.9 Å². The summed E-state index contributed by atoms with van der Waals surface area (Å²) >= 11 is 0. The van der Waals surface area contributed by atoms with Gasteiger partial charge in [-0.25, -0.2) is 4.98 Å². The Hall–Kier alpha value is -2.91. The van der Waals surface area contributed by atoms with E-state index in [1.807, 2.05) is 24.3 Å². The third-order valence-corrected chi connectivity index (χ3v) is 6.53. The van der Waals surface area contributed by atoms with Gasteiger partial charge in [-0.2, -0.15) is 13.2 Å². The van der Waals surface area contributed by atoms with Gasteiger partial charge in [-0.15, -0.1) is 0 Å². The molecule has 0 radical (unpaired) electrons. The van der Waals surface area contributed by atoms with Crippen molar-refractivity contribution >= 4 is 11.6 Å². The van der Waals surface area contributed by atoms with Gasteiger partial charge in [0.15, 0.2) is 0 Å². The lowest BCUT2D eigenvalue weighted by Crippen LogP contribution is -2.52. The molecule has 2 aliphatic rings. The minimum Gasteiger partial charge on any atom is -0.325 e. The molecule has 1 fully saturated rings. The predicted molar refractivity (Wildman–Crippen MR) is 126 cm³/mol. The van der Waals surface area contributed by atoms with Crippen LogP contribution in [0.4, 0.5) is 18.9 Å². The highest BCUT2D eigenvalue weighted by molar-refractivity contribution is 5.97. The number of carbonyl (C=O) groups excluding carboxylic acids is 1. The molecule has 1 aromatic heterocycles. The van der Waals surface area contributed by atoms with Gasteiger partial charge in [-0.1, -0.05) is 31.2 Å². The summed E-state index contributed by atoms with van der Waals surface area (Å²) in [4.78, 5) is 22.3. The van der Waals surface area contributed by atoms with Crippen LogP contribution in [-0.2, 0) is 11.0 Å². The lowest BCUT2D eigenvalue weighted by molar-refractivity contribution is -0.137. The van der Waals surface area contributed by atoms with Crippen molar-refractivity contribution < 1.29 is 18.0 Å². The highest BCUT2D eigenvalue weighted by atomic mass is 19.4. The van der Waals surface area contributed by atoms with Gasteiger partial charge in [-0.3, -0.25) is 9.69 Å². The fraction of sp³-hybridized carbons (Fsp3) is 0.440. The molecule has 1 amide bonds. The molecule has 1 aliphatic heterocycles. The summed E-state index contributed by atoms with van der Waals surface area (Å²) in [5.41, 5.74) is -0.586. The quantitative estimate of drug-likeness (QED) is 0.681. The second-order valence-electron chi connectivity index (χ2n) is 9.00. The SMILES string of the molecule is CCN1CCN(CC2(C(=O)Nc3cc(-n4cnc(C)c4)cc(C(F)(F)F)c3)C=CC=CC2)CC1. The Morgan fingerprint density at radius 2 is 1.85 bits per heavy atom. The topological polar surface area (TPSA) is 53.4 Å². The molecule has 4 rings (SSSR count). The fourth-order valence-corrected chi connectivity index (χ4v) is 4.50. The van der Waals surface area contributed by atoms with E-state index in [-0.39, 0.29) is 17.3 Å². The second kappa shape index (κ2) is 9.76. The highest BCUT2D eigenvalue weighted by Crippen LogP contribution is 2.35. The number of allylic oxidation sites excluding steroid dienone is 3. The third-order valence-electron chi connectivity index (χ3n) is 6.53. The molecule has 2 aromatic rings. The molecule has 34 heavy (non-hydrogen) atoms. The Morgan fingerprint density at radius 1 is 1.12 bits per heavy atom. The molecular formula is C25H30F3N5O. The minimum absolute atomic E-state index is 0.110. The molecule has 1 unspecified atom stereocenters. The zero-order valence-electron chi connectivity index (χ0n) is 19.5. The lowest BCUT2D eigenvalue weighted by atomic mass is 9.79. The standard InChI is InChI=1S/C25H30F3N5O/c1-3-31-9-11-32(12-10-31)17-24(7-5-4-6-8-24)23(34)30-21-13-20(25(26,27)28)14-22(15-21)33-16-19(2)29-18-33/h4-7,13-16,18H,3,8-12,17H2,1-2H3,(H,30,34). The van der Waals surface area contributed by atoms with Crippen molar-refractivity contribution in [3.05, 3.63) is 66.3 Å². The first-order valence-electron chi connectivity index (χ1n) is 11.5. The van der Waals surface area contributed by atoms with E-state index in [9.17, 15) is 18.0 Å². The maximum absolute atomic E-state index is 13.6.